The van der Waals surface area contributed by atoms with Crippen LogP contribution < -0.4 is 5.43 Å². The Morgan fingerprint density at radius 1 is 1.31 bits per heavy atom. The van der Waals surface area contributed by atoms with Crippen LogP contribution in [0.5, 0.6) is 0 Å². The van der Waals surface area contributed by atoms with Gasteiger partial charge in [0.25, 0.3) is 5.69 Å². The van der Waals surface area contributed by atoms with Crippen LogP contribution in [0.3, 0.4) is 0 Å². The third kappa shape index (κ3) is 5.51. The van der Waals surface area contributed by atoms with E-state index in [4.69, 9.17) is 0 Å². The minimum atomic E-state index is -4.47. The number of hydrogen-bond acceptors (Lipinski definition) is 8. The van der Waals surface area contributed by atoms with Gasteiger partial charge in [0.1, 0.15) is 5.03 Å². The summed E-state index contributed by atoms with van der Waals surface area (Å²) < 4.78 is 38.0. The van der Waals surface area contributed by atoms with E-state index in [1.54, 1.807) is 0 Å². The largest absolute Gasteiger partial charge is 0.417 e. The second-order valence-corrected chi connectivity index (χ2v) is 7.55. The zero-order valence-electron chi connectivity index (χ0n) is 14.7. The van der Waals surface area contributed by atoms with Crippen molar-refractivity contribution in [3.63, 3.8) is 0 Å². The molecule has 2 heterocycles. The molecule has 3 rings (SSSR count). The van der Waals surface area contributed by atoms with Gasteiger partial charge in [0.05, 0.1) is 22.4 Å². The number of aromatic nitrogens is 2. The van der Waals surface area contributed by atoms with Gasteiger partial charge in [0.2, 0.25) is 5.13 Å². The Hall–Kier alpha value is -2.99. The molecule has 0 radical (unpaired) electrons. The number of nitrogens with one attached hydrogen (secondary N) is 1. The van der Waals surface area contributed by atoms with Gasteiger partial charge in [-0.15, -0.1) is 11.3 Å². The molecule has 0 unspecified atom stereocenters. The molecule has 0 bridgehead atoms. The summed E-state index contributed by atoms with van der Waals surface area (Å²) in [6, 6.07) is 6.30. The van der Waals surface area contributed by atoms with Crippen LogP contribution in [-0.4, -0.2) is 21.1 Å². The Bertz CT molecular complexity index is 1050. The van der Waals surface area contributed by atoms with Crippen LogP contribution in [0.25, 0.3) is 0 Å². The van der Waals surface area contributed by atoms with Crippen molar-refractivity contribution in [1.82, 2.24) is 9.97 Å². The smallest absolute Gasteiger partial charge is 0.258 e. The lowest BCUT2D eigenvalue weighted by atomic mass is 10.2. The van der Waals surface area contributed by atoms with Crippen molar-refractivity contribution in [2.75, 3.05) is 5.43 Å². The van der Waals surface area contributed by atoms with Crippen molar-refractivity contribution < 1.29 is 18.1 Å². The van der Waals surface area contributed by atoms with Crippen molar-refractivity contribution in [3.05, 3.63) is 68.8 Å². The number of alkyl halides is 3. The van der Waals surface area contributed by atoms with Crippen LogP contribution >= 0.6 is 23.1 Å². The minimum absolute atomic E-state index is 0.138. The van der Waals surface area contributed by atoms with E-state index < -0.39 is 16.7 Å². The Balaban J connectivity index is 1.84. The number of thiazole rings is 1. The highest BCUT2D eigenvalue weighted by atomic mass is 32.2. The third-order valence-corrected chi connectivity index (χ3v) is 5.37. The maximum atomic E-state index is 12.7. The number of pyridine rings is 1. The van der Waals surface area contributed by atoms with Gasteiger partial charge >= 0.3 is 6.18 Å². The summed E-state index contributed by atoms with van der Waals surface area (Å²) in [4.78, 5) is 19.1. The van der Waals surface area contributed by atoms with Gasteiger partial charge in [-0.25, -0.2) is 9.97 Å². The summed E-state index contributed by atoms with van der Waals surface area (Å²) in [5.74, 6) is 0. The predicted octanol–water partition coefficient (Wildman–Crippen LogP) is 5.37. The van der Waals surface area contributed by atoms with E-state index >= 15 is 0 Å². The number of benzene rings is 1. The minimum Gasteiger partial charge on any atom is -0.258 e. The molecule has 0 fully saturated rings. The highest BCUT2D eigenvalue weighted by Gasteiger charge is 2.30. The fourth-order valence-electron chi connectivity index (χ4n) is 2.13. The Kier molecular flexibility index (Phi) is 6.13. The summed E-state index contributed by atoms with van der Waals surface area (Å²) in [5, 5.41) is 17.8. The molecule has 1 aromatic carbocycles. The van der Waals surface area contributed by atoms with Gasteiger partial charge in [-0.05, 0) is 25.1 Å². The van der Waals surface area contributed by atoms with Gasteiger partial charge in [-0.1, -0.05) is 11.8 Å². The monoisotopic (exact) mass is 439 g/mol. The Morgan fingerprint density at radius 2 is 2.10 bits per heavy atom. The number of nitro groups is 1. The molecule has 0 atom stereocenters. The lowest BCUT2D eigenvalue weighted by Gasteiger charge is -2.08. The molecule has 12 heteroatoms. The molecule has 0 saturated heterocycles. The summed E-state index contributed by atoms with van der Waals surface area (Å²) in [6.07, 6.45) is -2.34. The van der Waals surface area contributed by atoms with E-state index in [0.717, 1.165) is 29.7 Å². The Morgan fingerprint density at radius 3 is 2.69 bits per heavy atom. The molecule has 0 saturated carbocycles. The van der Waals surface area contributed by atoms with Crippen LogP contribution in [0.4, 0.5) is 24.0 Å². The fraction of sp³-hybridized carbons (Fsp3) is 0.118. The van der Waals surface area contributed by atoms with Gasteiger partial charge in [-0.2, -0.15) is 18.3 Å². The molecule has 0 spiro atoms. The predicted molar refractivity (Wildman–Crippen MR) is 105 cm³/mol. The van der Waals surface area contributed by atoms with Crippen molar-refractivity contribution in [3.8, 4) is 0 Å². The third-order valence-electron chi connectivity index (χ3n) is 3.47. The first kappa shape index (κ1) is 20.7. The molecular weight excluding hydrogens is 427 g/mol. The lowest BCUT2D eigenvalue weighted by Crippen LogP contribution is -2.05. The number of hydrogen-bond donors (Lipinski definition) is 1. The standard InChI is InChI=1S/C17H12F3N5O2S2/c1-10-9-28-16(23-10)24-22-7-11-6-13(25(26)27)3-4-14(11)29-15-5-2-12(8-21-15)17(18,19)20/h2-9H,1H3,(H,23,24). The number of rotatable bonds is 6. The Labute approximate surface area is 170 Å². The number of hydrazone groups is 1. The van der Waals surface area contributed by atoms with Gasteiger partial charge in [0, 0.05) is 34.2 Å². The van der Waals surface area contributed by atoms with Gasteiger partial charge < -0.3 is 0 Å². The molecule has 3 aromatic rings. The van der Waals surface area contributed by atoms with Crippen LogP contribution in [0.15, 0.2) is 56.9 Å². The van der Waals surface area contributed by atoms with Crippen molar-refractivity contribution in [2.24, 2.45) is 5.10 Å². The maximum absolute atomic E-state index is 12.7. The van der Waals surface area contributed by atoms with Crippen LogP contribution in [0, 0.1) is 17.0 Å². The lowest BCUT2D eigenvalue weighted by molar-refractivity contribution is -0.384. The topological polar surface area (TPSA) is 93.3 Å². The number of non-ortho nitro benzene ring substituents is 1. The number of halogens is 3. The second kappa shape index (κ2) is 8.57. The van der Waals surface area contributed by atoms with E-state index in [2.05, 4.69) is 20.5 Å². The van der Waals surface area contributed by atoms with Crippen LogP contribution in [0.1, 0.15) is 16.8 Å². The fourth-order valence-corrected chi connectivity index (χ4v) is 3.60. The van der Waals surface area contributed by atoms with E-state index in [1.807, 2.05) is 12.3 Å². The number of nitro benzene ring substituents is 1. The van der Waals surface area contributed by atoms with Crippen molar-refractivity contribution in [2.45, 2.75) is 23.0 Å². The van der Waals surface area contributed by atoms with Crippen LogP contribution in [-0.2, 0) is 6.18 Å². The first-order valence-electron chi connectivity index (χ1n) is 7.93. The quantitative estimate of drug-likeness (QED) is 0.315. The summed E-state index contributed by atoms with van der Waals surface area (Å²) in [5.41, 5.74) is 2.98. The van der Waals surface area contributed by atoms with Gasteiger partial charge in [0.15, 0.2) is 0 Å². The first-order chi connectivity index (χ1) is 13.7. The zero-order valence-corrected chi connectivity index (χ0v) is 16.3. The average molecular weight is 439 g/mol. The molecule has 0 aliphatic heterocycles. The van der Waals surface area contributed by atoms with E-state index in [1.165, 1.54) is 41.8 Å². The number of nitrogens with zero attached hydrogens (tertiary/aromatic N) is 4. The summed E-state index contributed by atoms with van der Waals surface area (Å²) in [6.45, 7) is 1.83. The number of aryl methyl sites for hydroxylation is 1. The molecule has 7 nitrogen and oxygen atoms in total. The van der Waals surface area contributed by atoms with E-state index in [0.29, 0.717) is 20.6 Å². The highest BCUT2D eigenvalue weighted by Crippen LogP contribution is 2.33. The molecule has 1 N–H and O–H groups in total. The molecular formula is C17H12F3N5O2S2. The SMILES string of the molecule is Cc1csc(NN=Cc2cc([N+](=O)[O-])ccc2Sc2ccc(C(F)(F)F)cn2)n1. The second-order valence-electron chi connectivity index (χ2n) is 5.63. The number of anilines is 1. The molecule has 0 amide bonds. The molecule has 29 heavy (non-hydrogen) atoms. The first-order valence-corrected chi connectivity index (χ1v) is 9.63. The average Bonchev–Trinajstić information content (AvgIpc) is 3.07. The molecule has 150 valence electrons. The molecule has 2 aromatic heterocycles. The van der Waals surface area contributed by atoms with E-state index in [-0.39, 0.29) is 5.69 Å². The molecule has 0 aliphatic rings. The highest BCUT2D eigenvalue weighted by molar-refractivity contribution is 7.99. The summed E-state index contributed by atoms with van der Waals surface area (Å²) >= 11 is 2.42. The van der Waals surface area contributed by atoms with Gasteiger partial charge in [-0.3, -0.25) is 15.5 Å². The van der Waals surface area contributed by atoms with Crippen LogP contribution in [0.2, 0.25) is 0 Å². The maximum Gasteiger partial charge on any atom is 0.417 e. The van der Waals surface area contributed by atoms with Crippen molar-refractivity contribution >= 4 is 40.1 Å². The normalized spacial score (nSPS) is 11.7. The van der Waals surface area contributed by atoms with E-state index in [9.17, 15) is 23.3 Å². The summed E-state index contributed by atoms with van der Waals surface area (Å²) in [7, 11) is 0. The zero-order chi connectivity index (χ0) is 21.0. The molecule has 0 aliphatic carbocycles. The van der Waals surface area contributed by atoms with Crippen molar-refractivity contribution in [1.29, 1.82) is 0 Å².